The minimum absolute atomic E-state index is 0.0748. The number of hydrogen-bond acceptors (Lipinski definition) is 6. The van der Waals surface area contributed by atoms with Crippen LogP contribution in [0.25, 0.3) is 6.08 Å². The zero-order valence-corrected chi connectivity index (χ0v) is 21.4. The van der Waals surface area contributed by atoms with Crippen LogP contribution in [0, 0.1) is 6.92 Å². The van der Waals surface area contributed by atoms with Crippen molar-refractivity contribution in [3.05, 3.63) is 78.3 Å². The highest BCUT2D eigenvalue weighted by molar-refractivity contribution is 9.11. The molecule has 0 bridgehead atoms. The van der Waals surface area contributed by atoms with E-state index in [9.17, 15) is 14.7 Å². The third-order valence-corrected chi connectivity index (χ3v) is 6.47. The number of carbonyl (C=O) groups is 2. The van der Waals surface area contributed by atoms with Crippen molar-refractivity contribution in [1.29, 1.82) is 0 Å². The summed E-state index contributed by atoms with van der Waals surface area (Å²) in [5, 5.41) is 10.9. The van der Waals surface area contributed by atoms with E-state index in [0.717, 1.165) is 21.8 Å². The summed E-state index contributed by atoms with van der Waals surface area (Å²) >= 11 is 7.89. The van der Waals surface area contributed by atoms with Gasteiger partial charge in [-0.1, -0.05) is 45.4 Å². The number of methoxy groups -OCH3 is 1. The van der Waals surface area contributed by atoms with Crippen molar-refractivity contribution in [2.45, 2.75) is 13.8 Å². The van der Waals surface area contributed by atoms with Crippen molar-refractivity contribution in [2.75, 3.05) is 13.7 Å². The van der Waals surface area contributed by atoms with Crippen LogP contribution >= 0.6 is 43.6 Å². The molecule has 0 fully saturated rings. The van der Waals surface area contributed by atoms with E-state index in [0.29, 0.717) is 26.3 Å². The van der Waals surface area contributed by atoms with E-state index >= 15 is 0 Å². The summed E-state index contributed by atoms with van der Waals surface area (Å²) < 4.78 is 12.0. The number of aliphatic hydroxyl groups is 1. The SMILES string of the molecule is CCOC(=O)C1=C(O)/C(=C/c2cc(Br)cc(Br)c2OC)SC1=NC(=O)c1ccc(C)cc1. The Kier molecular flexibility index (Phi) is 7.97. The number of amides is 1. The van der Waals surface area contributed by atoms with Gasteiger partial charge in [-0.3, -0.25) is 4.79 Å². The van der Waals surface area contributed by atoms with Crippen molar-refractivity contribution in [2.24, 2.45) is 4.99 Å². The summed E-state index contributed by atoms with van der Waals surface area (Å²) in [5.74, 6) is -1.03. The zero-order valence-electron chi connectivity index (χ0n) is 17.4. The topological polar surface area (TPSA) is 85.2 Å². The Morgan fingerprint density at radius 2 is 1.88 bits per heavy atom. The molecule has 1 amide bonds. The van der Waals surface area contributed by atoms with E-state index in [-0.39, 0.29) is 23.0 Å². The monoisotopic (exact) mass is 579 g/mol. The molecular weight excluding hydrogens is 562 g/mol. The number of hydrogen-bond donors (Lipinski definition) is 1. The van der Waals surface area contributed by atoms with Crippen LogP contribution in [0.4, 0.5) is 0 Å². The molecule has 6 nitrogen and oxygen atoms in total. The smallest absolute Gasteiger partial charge is 0.344 e. The molecule has 166 valence electrons. The van der Waals surface area contributed by atoms with Crippen molar-refractivity contribution in [3.8, 4) is 5.75 Å². The van der Waals surface area contributed by atoms with Crippen LogP contribution in [0.15, 0.2) is 66.6 Å². The Morgan fingerprint density at radius 1 is 1.19 bits per heavy atom. The number of nitrogens with zero attached hydrogens (tertiary/aromatic N) is 1. The van der Waals surface area contributed by atoms with Gasteiger partial charge in [0.05, 0.1) is 23.1 Å². The van der Waals surface area contributed by atoms with Gasteiger partial charge < -0.3 is 14.6 Å². The Balaban J connectivity index is 2.08. The lowest BCUT2D eigenvalue weighted by atomic mass is 10.1. The predicted octanol–water partition coefficient (Wildman–Crippen LogP) is 6.23. The molecule has 1 heterocycles. The first kappa shape index (κ1) is 24.3. The third-order valence-electron chi connectivity index (χ3n) is 4.40. The number of halogens is 2. The van der Waals surface area contributed by atoms with Gasteiger partial charge in [0.25, 0.3) is 5.91 Å². The number of esters is 1. The van der Waals surface area contributed by atoms with E-state index < -0.39 is 11.9 Å². The van der Waals surface area contributed by atoms with E-state index in [1.165, 1.54) is 7.11 Å². The second kappa shape index (κ2) is 10.5. The standard InChI is InChI=1S/C23H19Br2NO5S/c1-4-31-23(29)18-19(27)17(10-14-9-15(24)11-16(25)20(14)30-3)32-22(18)26-21(28)13-7-5-12(2)6-8-13/h5-11,27H,4H2,1-3H3/b17-10-,26-22?. The molecule has 1 aliphatic heterocycles. The number of rotatable bonds is 5. The van der Waals surface area contributed by atoms with Crippen LogP contribution in [0.3, 0.4) is 0 Å². The quantitative estimate of drug-likeness (QED) is 0.422. The van der Waals surface area contributed by atoms with Gasteiger partial charge in [-0.05, 0) is 60.1 Å². The lowest BCUT2D eigenvalue weighted by Crippen LogP contribution is -2.14. The summed E-state index contributed by atoms with van der Waals surface area (Å²) in [4.78, 5) is 29.7. The molecule has 1 aliphatic rings. The Hall–Kier alpha value is -2.36. The molecule has 9 heteroatoms. The fourth-order valence-corrected chi connectivity index (χ4v) is 5.31. The second-order valence-electron chi connectivity index (χ2n) is 6.65. The molecule has 0 aliphatic carbocycles. The van der Waals surface area contributed by atoms with Crippen molar-refractivity contribution in [1.82, 2.24) is 0 Å². The number of benzene rings is 2. The van der Waals surface area contributed by atoms with Crippen molar-refractivity contribution < 1.29 is 24.2 Å². The van der Waals surface area contributed by atoms with Crippen LogP contribution < -0.4 is 4.74 Å². The highest BCUT2D eigenvalue weighted by Crippen LogP contribution is 2.42. The lowest BCUT2D eigenvalue weighted by molar-refractivity contribution is -0.138. The molecule has 0 saturated heterocycles. The Bertz CT molecular complexity index is 1170. The van der Waals surface area contributed by atoms with Gasteiger partial charge in [-0.2, -0.15) is 0 Å². The maximum atomic E-state index is 12.7. The molecule has 3 rings (SSSR count). The molecule has 32 heavy (non-hydrogen) atoms. The first-order valence-electron chi connectivity index (χ1n) is 9.48. The number of aliphatic hydroxyl groups excluding tert-OH is 1. The predicted molar refractivity (Wildman–Crippen MR) is 133 cm³/mol. The molecule has 0 spiro atoms. The fraction of sp³-hybridized carbons (Fsp3) is 0.174. The van der Waals surface area contributed by atoms with Crippen LogP contribution in [0.5, 0.6) is 5.75 Å². The average Bonchev–Trinajstić information content (AvgIpc) is 3.03. The molecule has 2 aromatic carbocycles. The van der Waals surface area contributed by atoms with E-state index in [2.05, 4.69) is 36.9 Å². The molecule has 0 atom stereocenters. The largest absolute Gasteiger partial charge is 0.506 e. The molecule has 0 radical (unpaired) electrons. The normalized spacial score (nSPS) is 16.0. The highest BCUT2D eigenvalue weighted by Gasteiger charge is 2.34. The third kappa shape index (κ3) is 5.33. The second-order valence-corrected chi connectivity index (χ2v) is 9.45. The molecule has 0 unspecified atom stereocenters. The summed E-state index contributed by atoms with van der Waals surface area (Å²) in [5.41, 5.74) is 1.89. The van der Waals surface area contributed by atoms with Crippen LogP contribution in [-0.4, -0.2) is 35.7 Å². The minimum atomic E-state index is -0.751. The molecule has 2 aromatic rings. The van der Waals surface area contributed by atoms with Gasteiger partial charge in [-0.25, -0.2) is 9.79 Å². The van der Waals surface area contributed by atoms with Crippen molar-refractivity contribution >= 4 is 66.6 Å². The number of thioether (sulfide) groups is 1. The van der Waals surface area contributed by atoms with Crippen LogP contribution in [-0.2, 0) is 9.53 Å². The fourth-order valence-electron chi connectivity index (χ4n) is 2.89. The van der Waals surface area contributed by atoms with Crippen LogP contribution in [0.2, 0.25) is 0 Å². The molecule has 1 N–H and O–H groups in total. The van der Waals surface area contributed by atoms with Gasteiger partial charge in [-0.15, -0.1) is 0 Å². The first-order chi connectivity index (χ1) is 15.2. The first-order valence-corrected chi connectivity index (χ1v) is 11.9. The van der Waals surface area contributed by atoms with E-state index in [1.807, 2.05) is 13.0 Å². The zero-order chi connectivity index (χ0) is 23.4. The average molecular weight is 581 g/mol. The van der Waals surface area contributed by atoms with E-state index in [4.69, 9.17) is 9.47 Å². The van der Waals surface area contributed by atoms with Gasteiger partial charge in [0, 0.05) is 15.6 Å². The summed E-state index contributed by atoms with van der Waals surface area (Å²) in [7, 11) is 1.53. The van der Waals surface area contributed by atoms with Gasteiger partial charge >= 0.3 is 5.97 Å². The van der Waals surface area contributed by atoms with Crippen molar-refractivity contribution in [3.63, 3.8) is 0 Å². The van der Waals surface area contributed by atoms with Gasteiger partial charge in [0.2, 0.25) is 0 Å². The minimum Gasteiger partial charge on any atom is -0.506 e. The van der Waals surface area contributed by atoms with E-state index in [1.54, 1.807) is 43.3 Å². The number of aliphatic imine (C=N–C) groups is 1. The number of carbonyl (C=O) groups excluding carboxylic acids is 2. The Labute approximate surface area is 206 Å². The van der Waals surface area contributed by atoms with Gasteiger partial charge in [0.15, 0.2) is 0 Å². The summed E-state index contributed by atoms with van der Waals surface area (Å²) in [6.07, 6.45) is 1.66. The van der Waals surface area contributed by atoms with Gasteiger partial charge in [0.1, 0.15) is 22.1 Å². The maximum Gasteiger partial charge on any atom is 0.344 e. The highest BCUT2D eigenvalue weighted by atomic mass is 79.9. The molecular formula is C23H19Br2NO5S. The molecule has 0 aromatic heterocycles. The molecule has 0 saturated carbocycles. The number of ether oxygens (including phenoxy) is 2. The number of aryl methyl sites for hydroxylation is 1. The van der Waals surface area contributed by atoms with Crippen LogP contribution in [0.1, 0.15) is 28.4 Å². The summed E-state index contributed by atoms with van der Waals surface area (Å²) in [6.45, 7) is 3.69. The Morgan fingerprint density at radius 3 is 2.50 bits per heavy atom. The maximum absolute atomic E-state index is 12.7. The summed E-state index contributed by atoms with van der Waals surface area (Å²) in [6, 6.07) is 10.6. The lowest BCUT2D eigenvalue weighted by Gasteiger charge is -2.09.